The summed E-state index contributed by atoms with van der Waals surface area (Å²) in [7, 11) is 1.73. The number of hydrogen-bond donors (Lipinski definition) is 1. The number of benzene rings is 2. The maximum absolute atomic E-state index is 12.4. The molecule has 2 aromatic rings. The lowest BCUT2D eigenvalue weighted by molar-refractivity contribution is -0.117. The summed E-state index contributed by atoms with van der Waals surface area (Å²) in [5.41, 5.74) is 8.60. The number of rotatable bonds is 5. The van der Waals surface area contributed by atoms with E-state index in [-0.39, 0.29) is 5.91 Å². The standard InChI is InChI=1S/C18H20N2O2/c1-3-13-5-4-6-14(11-13)12-17(21)20(2)16-9-7-15(8-10-16)18(19)22/h4-11H,3,12H2,1-2H3,(H2,19,22). The average Bonchev–Trinajstić information content (AvgIpc) is 2.54. The molecule has 0 aliphatic heterocycles. The van der Waals surface area contributed by atoms with Gasteiger partial charge in [-0.2, -0.15) is 0 Å². The van der Waals surface area contributed by atoms with Crippen LogP contribution in [-0.4, -0.2) is 18.9 Å². The van der Waals surface area contributed by atoms with Gasteiger partial charge >= 0.3 is 0 Å². The molecule has 0 spiro atoms. The van der Waals surface area contributed by atoms with Gasteiger partial charge in [0.1, 0.15) is 0 Å². The van der Waals surface area contributed by atoms with Crippen LogP contribution >= 0.6 is 0 Å². The van der Waals surface area contributed by atoms with Crippen molar-refractivity contribution < 1.29 is 9.59 Å². The molecule has 0 aromatic heterocycles. The monoisotopic (exact) mass is 296 g/mol. The number of primary amides is 1. The Bertz CT molecular complexity index is 678. The third-order valence-electron chi connectivity index (χ3n) is 3.67. The van der Waals surface area contributed by atoms with E-state index in [2.05, 4.69) is 19.1 Å². The summed E-state index contributed by atoms with van der Waals surface area (Å²) < 4.78 is 0. The highest BCUT2D eigenvalue weighted by atomic mass is 16.2. The van der Waals surface area contributed by atoms with Crippen molar-refractivity contribution in [2.24, 2.45) is 5.73 Å². The Labute approximate surface area is 130 Å². The number of likely N-dealkylation sites (N-methyl/N-ethyl adjacent to an activating group) is 1. The van der Waals surface area contributed by atoms with Gasteiger partial charge in [-0.3, -0.25) is 9.59 Å². The molecule has 0 saturated heterocycles. The van der Waals surface area contributed by atoms with Crippen LogP contribution < -0.4 is 10.6 Å². The molecule has 2 rings (SSSR count). The van der Waals surface area contributed by atoms with Gasteiger partial charge in [-0.05, 0) is 41.8 Å². The van der Waals surface area contributed by atoms with Crippen LogP contribution in [0.2, 0.25) is 0 Å². The zero-order valence-electron chi connectivity index (χ0n) is 12.9. The highest BCUT2D eigenvalue weighted by Crippen LogP contribution is 2.16. The van der Waals surface area contributed by atoms with Crippen molar-refractivity contribution in [2.75, 3.05) is 11.9 Å². The Hall–Kier alpha value is -2.62. The maximum Gasteiger partial charge on any atom is 0.248 e. The molecule has 22 heavy (non-hydrogen) atoms. The lowest BCUT2D eigenvalue weighted by Gasteiger charge is -2.18. The molecule has 4 heteroatoms. The average molecular weight is 296 g/mol. The lowest BCUT2D eigenvalue weighted by Crippen LogP contribution is -2.28. The largest absolute Gasteiger partial charge is 0.366 e. The Morgan fingerprint density at radius 2 is 1.68 bits per heavy atom. The van der Waals surface area contributed by atoms with Crippen LogP contribution in [0.15, 0.2) is 48.5 Å². The molecule has 4 nitrogen and oxygen atoms in total. The molecule has 114 valence electrons. The van der Waals surface area contributed by atoms with E-state index in [4.69, 9.17) is 5.73 Å². The van der Waals surface area contributed by atoms with Crippen LogP contribution in [0.1, 0.15) is 28.4 Å². The molecule has 2 aromatic carbocycles. The van der Waals surface area contributed by atoms with Crippen molar-refractivity contribution in [1.29, 1.82) is 0 Å². The first-order chi connectivity index (χ1) is 10.5. The minimum Gasteiger partial charge on any atom is -0.366 e. The van der Waals surface area contributed by atoms with Gasteiger partial charge < -0.3 is 10.6 Å². The van der Waals surface area contributed by atoms with Crippen LogP contribution in [0.5, 0.6) is 0 Å². The third kappa shape index (κ3) is 3.73. The smallest absolute Gasteiger partial charge is 0.248 e. The molecule has 0 heterocycles. The summed E-state index contributed by atoms with van der Waals surface area (Å²) >= 11 is 0. The van der Waals surface area contributed by atoms with Crippen LogP contribution in [0.25, 0.3) is 0 Å². The van der Waals surface area contributed by atoms with E-state index in [1.165, 1.54) is 5.56 Å². The zero-order valence-corrected chi connectivity index (χ0v) is 12.9. The lowest BCUT2D eigenvalue weighted by atomic mass is 10.1. The minimum atomic E-state index is -0.475. The fraction of sp³-hybridized carbons (Fsp3) is 0.222. The van der Waals surface area contributed by atoms with Crippen molar-refractivity contribution in [3.05, 3.63) is 65.2 Å². The van der Waals surface area contributed by atoms with Crippen LogP contribution in [0, 0.1) is 0 Å². The number of carbonyl (C=O) groups is 2. The van der Waals surface area contributed by atoms with E-state index in [0.29, 0.717) is 12.0 Å². The second kappa shape index (κ2) is 6.89. The quantitative estimate of drug-likeness (QED) is 0.921. The number of carbonyl (C=O) groups excluding carboxylic acids is 2. The summed E-state index contributed by atoms with van der Waals surface area (Å²) in [6.45, 7) is 2.09. The molecule has 0 atom stereocenters. The second-order valence-electron chi connectivity index (χ2n) is 5.21. The Balaban J connectivity index is 2.09. The predicted octanol–water partition coefficient (Wildman–Crippen LogP) is 2.55. The molecular formula is C18H20N2O2. The number of nitrogens with zero attached hydrogens (tertiary/aromatic N) is 1. The highest BCUT2D eigenvalue weighted by molar-refractivity contribution is 5.96. The van der Waals surface area contributed by atoms with Gasteiger partial charge in [-0.15, -0.1) is 0 Å². The SMILES string of the molecule is CCc1cccc(CC(=O)N(C)c2ccc(C(N)=O)cc2)c1. The number of anilines is 1. The van der Waals surface area contributed by atoms with Gasteiger partial charge in [-0.25, -0.2) is 0 Å². The van der Waals surface area contributed by atoms with Gasteiger partial charge in [0.2, 0.25) is 11.8 Å². The molecule has 0 fully saturated rings. The Morgan fingerprint density at radius 3 is 2.27 bits per heavy atom. The molecule has 2 N–H and O–H groups in total. The van der Waals surface area contributed by atoms with E-state index in [0.717, 1.165) is 17.7 Å². The van der Waals surface area contributed by atoms with Crippen molar-refractivity contribution >= 4 is 17.5 Å². The third-order valence-corrected chi connectivity index (χ3v) is 3.67. The first-order valence-corrected chi connectivity index (χ1v) is 7.25. The van der Waals surface area contributed by atoms with Crippen molar-refractivity contribution in [3.63, 3.8) is 0 Å². The Kier molecular flexibility index (Phi) is 4.94. The van der Waals surface area contributed by atoms with Gasteiger partial charge in [0.15, 0.2) is 0 Å². The van der Waals surface area contributed by atoms with E-state index in [1.807, 2.05) is 12.1 Å². The summed E-state index contributed by atoms with van der Waals surface area (Å²) in [5.74, 6) is -0.475. The molecule has 0 aliphatic carbocycles. The number of amides is 2. The number of aryl methyl sites for hydroxylation is 1. The van der Waals surface area contributed by atoms with E-state index in [1.54, 1.807) is 36.2 Å². The van der Waals surface area contributed by atoms with E-state index >= 15 is 0 Å². The maximum atomic E-state index is 12.4. The number of nitrogens with two attached hydrogens (primary N) is 1. The Morgan fingerprint density at radius 1 is 1.05 bits per heavy atom. The molecule has 0 unspecified atom stereocenters. The summed E-state index contributed by atoms with van der Waals surface area (Å²) in [6.07, 6.45) is 1.30. The number of hydrogen-bond acceptors (Lipinski definition) is 2. The molecule has 2 amide bonds. The van der Waals surface area contributed by atoms with Gasteiger partial charge in [-0.1, -0.05) is 31.2 Å². The normalized spacial score (nSPS) is 10.3. The zero-order chi connectivity index (χ0) is 16.1. The van der Waals surface area contributed by atoms with Crippen LogP contribution in [0.3, 0.4) is 0 Å². The minimum absolute atomic E-state index is 0.0000723. The van der Waals surface area contributed by atoms with Crippen molar-refractivity contribution in [2.45, 2.75) is 19.8 Å². The molecule has 0 aliphatic rings. The van der Waals surface area contributed by atoms with E-state index in [9.17, 15) is 9.59 Å². The summed E-state index contributed by atoms with van der Waals surface area (Å²) in [6, 6.07) is 14.7. The second-order valence-corrected chi connectivity index (χ2v) is 5.21. The fourth-order valence-corrected chi connectivity index (χ4v) is 2.25. The van der Waals surface area contributed by atoms with Crippen molar-refractivity contribution in [1.82, 2.24) is 0 Å². The van der Waals surface area contributed by atoms with E-state index < -0.39 is 5.91 Å². The summed E-state index contributed by atoms with van der Waals surface area (Å²) in [5, 5.41) is 0. The first-order valence-electron chi connectivity index (χ1n) is 7.25. The predicted molar refractivity (Wildman–Crippen MR) is 87.9 cm³/mol. The molecule has 0 bridgehead atoms. The molecule has 0 saturated carbocycles. The van der Waals surface area contributed by atoms with Crippen LogP contribution in [-0.2, 0) is 17.6 Å². The molecular weight excluding hydrogens is 276 g/mol. The van der Waals surface area contributed by atoms with Gasteiger partial charge in [0, 0.05) is 18.3 Å². The topological polar surface area (TPSA) is 63.4 Å². The first kappa shape index (κ1) is 15.8. The van der Waals surface area contributed by atoms with Crippen LogP contribution in [0.4, 0.5) is 5.69 Å². The van der Waals surface area contributed by atoms with Gasteiger partial charge in [0.05, 0.1) is 6.42 Å². The van der Waals surface area contributed by atoms with Crippen molar-refractivity contribution in [3.8, 4) is 0 Å². The highest BCUT2D eigenvalue weighted by Gasteiger charge is 2.12. The molecule has 0 radical (unpaired) electrons. The summed E-state index contributed by atoms with van der Waals surface area (Å²) in [4.78, 5) is 25.0. The fourth-order valence-electron chi connectivity index (χ4n) is 2.25. The van der Waals surface area contributed by atoms with Gasteiger partial charge in [0.25, 0.3) is 0 Å².